The smallest absolute Gasteiger partial charge is 0.460 e. The van der Waals surface area contributed by atoms with Gasteiger partial charge < -0.3 is 14.8 Å². The van der Waals surface area contributed by atoms with Gasteiger partial charge in [-0.15, -0.1) is 0 Å². The number of unbranched alkanes of at least 4 members (excludes halogenated alkanes) is 17. The van der Waals surface area contributed by atoms with E-state index in [9.17, 15) is 84.2 Å². The minimum atomic E-state index is -8.69. The summed E-state index contributed by atoms with van der Waals surface area (Å²) in [5.74, 6) is -58.3. The van der Waals surface area contributed by atoms with Crippen molar-refractivity contribution in [1.82, 2.24) is 5.32 Å². The fourth-order valence-corrected chi connectivity index (χ4v) is 5.35. The molecule has 0 rings (SSSR count). The van der Waals surface area contributed by atoms with Crippen molar-refractivity contribution in [2.75, 3.05) is 19.8 Å². The van der Waals surface area contributed by atoms with Crippen LogP contribution in [0.2, 0.25) is 0 Å². The van der Waals surface area contributed by atoms with Crippen LogP contribution in [0.1, 0.15) is 142 Å². The van der Waals surface area contributed by atoms with Crippen LogP contribution < -0.4 is 5.32 Å². The number of hydrogen-bond acceptors (Lipinski definition) is 4. The van der Waals surface area contributed by atoms with Gasteiger partial charge in [-0.3, -0.25) is 4.79 Å². The Morgan fingerprint density at radius 3 is 1.23 bits per heavy atom. The fourth-order valence-electron chi connectivity index (χ4n) is 5.35. The Hall–Kier alpha value is -2.45. The lowest BCUT2D eigenvalue weighted by atomic mass is 9.88. The number of esters is 1. The van der Waals surface area contributed by atoms with Gasteiger partial charge in [0.05, 0.1) is 19.6 Å². The predicted molar refractivity (Wildman–Crippen MR) is 174 cm³/mol. The van der Waals surface area contributed by atoms with Crippen molar-refractivity contribution in [1.29, 1.82) is 0 Å². The van der Waals surface area contributed by atoms with E-state index < -0.39 is 79.1 Å². The highest BCUT2D eigenvalue weighted by Gasteiger charge is 2.95. The van der Waals surface area contributed by atoms with E-state index in [4.69, 9.17) is 4.74 Å². The summed E-state index contributed by atoms with van der Waals surface area (Å²) in [4.78, 5) is 23.4. The molecule has 1 N–H and O–H groups in total. The lowest BCUT2D eigenvalue weighted by molar-refractivity contribution is -0.461. The van der Waals surface area contributed by atoms with Crippen molar-refractivity contribution in [3.05, 3.63) is 0 Å². The number of nitrogens with one attached hydrogen (secondary N) is 1. The van der Waals surface area contributed by atoms with E-state index in [1.54, 1.807) is 0 Å². The van der Waals surface area contributed by atoms with Crippen molar-refractivity contribution < 1.29 is 93.7 Å². The lowest BCUT2D eigenvalue weighted by Crippen LogP contribution is -2.74. The molecule has 0 aliphatic heterocycles. The minimum Gasteiger partial charge on any atom is -0.465 e. The third kappa shape index (κ3) is 15.6. The Morgan fingerprint density at radius 1 is 0.421 bits per heavy atom. The Labute approximate surface area is 320 Å². The highest BCUT2D eigenvalue weighted by molar-refractivity contribution is 5.69. The van der Waals surface area contributed by atoms with Gasteiger partial charge >= 0.3 is 59.7 Å². The van der Waals surface area contributed by atoms with E-state index in [1.165, 1.54) is 64.2 Å². The molecule has 0 aromatic rings. The number of amides is 1. The highest BCUT2D eigenvalue weighted by Crippen LogP contribution is 2.64. The van der Waals surface area contributed by atoms with Crippen molar-refractivity contribution in [3.63, 3.8) is 0 Å². The Bertz CT molecular complexity index is 1150. The number of rotatable bonds is 32. The monoisotopic (exact) mass is 873 g/mol. The van der Waals surface area contributed by atoms with Gasteiger partial charge in [-0.2, -0.15) is 74.6 Å². The number of alkyl carbamates (subject to hydrolysis) is 1. The molecule has 0 radical (unpaired) electrons. The van der Waals surface area contributed by atoms with Gasteiger partial charge in [0.1, 0.15) is 0 Å². The van der Waals surface area contributed by atoms with Gasteiger partial charge in [0, 0.05) is 13.0 Å². The molecule has 0 aromatic heterocycles. The zero-order valence-corrected chi connectivity index (χ0v) is 31.5. The molecule has 0 aliphatic rings. The first-order chi connectivity index (χ1) is 26.1. The second-order valence-corrected chi connectivity index (χ2v) is 13.8. The molecule has 340 valence electrons. The van der Waals surface area contributed by atoms with Crippen LogP contribution in [0.5, 0.6) is 0 Å². The second-order valence-electron chi connectivity index (χ2n) is 13.8. The van der Waals surface area contributed by atoms with Crippen LogP contribution in [0.15, 0.2) is 0 Å². The maximum atomic E-state index is 13.9. The zero-order chi connectivity index (χ0) is 44.2. The Balaban J connectivity index is 4.36. The molecule has 57 heavy (non-hydrogen) atoms. The average molecular weight is 874 g/mol. The van der Waals surface area contributed by atoms with Gasteiger partial charge in [0.25, 0.3) is 0 Å². The summed E-state index contributed by atoms with van der Waals surface area (Å²) in [5.41, 5.74) is 0. The molecule has 22 heteroatoms. The molecular weight excluding hydrogens is 821 g/mol. The Kier molecular flexibility index (Phi) is 22.9. The molecule has 0 bridgehead atoms. The molecule has 0 saturated carbocycles. The third-order valence-electron chi connectivity index (χ3n) is 9.02. The first-order valence-corrected chi connectivity index (χ1v) is 18.9. The molecule has 0 saturated heterocycles. The first kappa shape index (κ1) is 54.6. The van der Waals surface area contributed by atoms with Gasteiger partial charge in [-0.1, -0.05) is 110 Å². The van der Waals surface area contributed by atoms with Crippen LogP contribution in [0.4, 0.5) is 79.4 Å². The topological polar surface area (TPSA) is 64.6 Å². The van der Waals surface area contributed by atoms with E-state index >= 15 is 0 Å². The largest absolute Gasteiger partial charge is 0.465 e. The van der Waals surface area contributed by atoms with E-state index in [0.717, 1.165) is 25.7 Å². The molecule has 0 unspecified atom stereocenters. The number of carbonyl (C=O) groups excluding carboxylic acids is 2. The molecule has 0 aliphatic carbocycles. The summed E-state index contributed by atoms with van der Waals surface area (Å²) in [5, 5.41) is 2.55. The quantitative estimate of drug-likeness (QED) is 0.0415. The Morgan fingerprint density at radius 2 is 0.789 bits per heavy atom. The normalized spacial score (nSPS) is 13.9. The molecule has 0 heterocycles. The van der Waals surface area contributed by atoms with Crippen LogP contribution in [0.3, 0.4) is 0 Å². The fraction of sp³-hybridized carbons (Fsp3) is 0.943. The number of alkyl halides is 17. The molecule has 0 spiro atoms. The number of carbonyl (C=O) groups is 2. The van der Waals surface area contributed by atoms with Crippen molar-refractivity contribution in [2.45, 2.75) is 189 Å². The van der Waals surface area contributed by atoms with Crippen molar-refractivity contribution >= 4 is 12.1 Å². The van der Waals surface area contributed by atoms with Gasteiger partial charge in [0.2, 0.25) is 0 Å². The molecule has 5 nitrogen and oxygen atoms in total. The summed E-state index contributed by atoms with van der Waals surface area (Å²) in [7, 11) is 0. The van der Waals surface area contributed by atoms with Gasteiger partial charge in [0.15, 0.2) is 0 Å². The van der Waals surface area contributed by atoms with Crippen LogP contribution >= 0.6 is 0 Å². The molecule has 0 fully saturated rings. The van der Waals surface area contributed by atoms with Gasteiger partial charge in [-0.05, 0) is 19.3 Å². The van der Waals surface area contributed by atoms with Crippen LogP contribution in [-0.4, -0.2) is 79.5 Å². The zero-order valence-electron chi connectivity index (χ0n) is 31.5. The summed E-state index contributed by atoms with van der Waals surface area (Å²) in [6, 6.07) is 0. The maximum Gasteiger partial charge on any atom is 0.460 e. The average Bonchev–Trinajstić information content (AvgIpc) is 3.09. The van der Waals surface area contributed by atoms with Crippen molar-refractivity contribution in [2.24, 2.45) is 0 Å². The molecule has 1 amide bonds. The van der Waals surface area contributed by atoms with E-state index in [1.807, 2.05) is 0 Å². The van der Waals surface area contributed by atoms with Crippen LogP contribution in [0.25, 0.3) is 0 Å². The summed E-state index contributed by atoms with van der Waals surface area (Å²) in [6.45, 7) is 0.760. The van der Waals surface area contributed by atoms with Crippen molar-refractivity contribution in [3.8, 4) is 0 Å². The van der Waals surface area contributed by atoms with E-state index in [2.05, 4.69) is 17.0 Å². The summed E-state index contributed by atoms with van der Waals surface area (Å²) >= 11 is 0. The SMILES string of the molecule is CCCCCCCCCCCCCCCCOC(=O)NCCCCCCCC(=O)OCCC(F)(F)C(F)(F)C(F)(F)C(F)(F)C(F)(F)C(F)(F)C(F)(F)C(F)(F)F. The highest BCUT2D eigenvalue weighted by atomic mass is 19.4. The predicted octanol–water partition coefficient (Wildman–Crippen LogP) is 13.5. The summed E-state index contributed by atoms with van der Waals surface area (Å²) in [6.07, 6.45) is 6.48. The lowest BCUT2D eigenvalue weighted by Gasteiger charge is -2.42. The van der Waals surface area contributed by atoms with E-state index in [-0.39, 0.29) is 19.6 Å². The van der Waals surface area contributed by atoms with E-state index in [0.29, 0.717) is 25.7 Å². The molecule has 0 aromatic carbocycles. The number of halogens is 17. The molecule has 0 atom stereocenters. The summed E-state index contributed by atoms with van der Waals surface area (Å²) < 4.78 is 236. The number of hydrogen-bond donors (Lipinski definition) is 1. The molecular formula is C35H52F17NO4. The van der Waals surface area contributed by atoms with Crippen LogP contribution in [0, 0.1) is 0 Å². The minimum absolute atomic E-state index is 0.00377. The second kappa shape index (κ2) is 24.0. The maximum absolute atomic E-state index is 13.9. The standard InChI is InChI=1S/C35H52F17NO4/c1-2-3-4-5-6-7-8-9-10-11-12-13-17-20-24-57-27(55)53-23-19-16-14-15-18-21-26(54)56-25-22-28(36,37)29(38,39)30(40,41)31(42,43)32(44,45)33(46,47)34(48,49)35(50,51)52/h2-25H2,1H3,(H,53,55). The third-order valence-corrected chi connectivity index (χ3v) is 9.02. The van der Waals surface area contributed by atoms with Crippen LogP contribution in [-0.2, 0) is 14.3 Å². The first-order valence-electron chi connectivity index (χ1n) is 18.9. The number of ether oxygens (including phenoxy) is 2. The van der Waals surface area contributed by atoms with Gasteiger partial charge in [-0.25, -0.2) is 4.79 Å².